The molecule has 2 rings (SSSR count). The molecule has 0 spiro atoms. The molecule has 0 aliphatic rings. The number of halogens is 1. The van der Waals surface area contributed by atoms with E-state index in [4.69, 9.17) is 11.1 Å². The zero-order valence-corrected chi connectivity index (χ0v) is 8.61. The molecule has 0 amide bonds. The summed E-state index contributed by atoms with van der Waals surface area (Å²) in [7, 11) is 0. The van der Waals surface area contributed by atoms with Crippen LogP contribution in [0.4, 0.5) is 0 Å². The second-order valence-corrected chi connectivity index (χ2v) is 2.74. The highest BCUT2D eigenvalue weighted by Crippen LogP contribution is 2.08. The van der Waals surface area contributed by atoms with E-state index < -0.39 is 0 Å². The third-order valence-electron chi connectivity index (χ3n) is 1.80. The van der Waals surface area contributed by atoms with Crippen LogP contribution in [-0.2, 0) is 0 Å². The smallest absolute Gasteiger partial charge is 0.164 e. The van der Waals surface area contributed by atoms with E-state index in [-0.39, 0.29) is 18.2 Å². The van der Waals surface area contributed by atoms with Gasteiger partial charge >= 0.3 is 0 Å². The first-order valence-electron chi connectivity index (χ1n) is 4.08. The summed E-state index contributed by atoms with van der Waals surface area (Å²) >= 11 is 0. The zero-order chi connectivity index (χ0) is 9.97. The second kappa shape index (κ2) is 4.56. The van der Waals surface area contributed by atoms with Crippen molar-refractivity contribution in [2.75, 3.05) is 0 Å². The molecule has 0 unspecified atom stereocenters. The van der Waals surface area contributed by atoms with Crippen LogP contribution in [0.2, 0.25) is 0 Å². The standard InChI is InChI=1S/C9H9N5.ClH/c10-8(11)7-3-1-4-12-9(7)14-6-2-5-13-14;/h1-6H,(H3,10,11);1H. The number of nitrogen functional groups attached to an aromatic ring is 1. The van der Waals surface area contributed by atoms with Gasteiger partial charge in [0, 0.05) is 18.6 Å². The van der Waals surface area contributed by atoms with Crippen LogP contribution in [0.15, 0.2) is 36.8 Å². The number of nitrogens with two attached hydrogens (primary N) is 1. The lowest BCUT2D eigenvalue weighted by atomic mass is 10.2. The van der Waals surface area contributed by atoms with E-state index in [2.05, 4.69) is 10.1 Å². The van der Waals surface area contributed by atoms with Gasteiger partial charge < -0.3 is 5.73 Å². The topological polar surface area (TPSA) is 80.6 Å². The van der Waals surface area contributed by atoms with E-state index in [0.29, 0.717) is 11.4 Å². The van der Waals surface area contributed by atoms with Gasteiger partial charge in [0.25, 0.3) is 0 Å². The van der Waals surface area contributed by atoms with Crippen molar-refractivity contribution >= 4 is 18.2 Å². The van der Waals surface area contributed by atoms with Crippen molar-refractivity contribution in [3.8, 4) is 5.82 Å². The number of nitrogens with zero attached hydrogens (tertiary/aromatic N) is 3. The van der Waals surface area contributed by atoms with Gasteiger partial charge in [-0.3, -0.25) is 5.41 Å². The van der Waals surface area contributed by atoms with Crippen LogP contribution in [0.25, 0.3) is 5.82 Å². The fourth-order valence-corrected chi connectivity index (χ4v) is 1.18. The van der Waals surface area contributed by atoms with Crippen molar-refractivity contribution in [1.29, 1.82) is 5.41 Å². The third-order valence-corrected chi connectivity index (χ3v) is 1.80. The minimum Gasteiger partial charge on any atom is -0.384 e. The summed E-state index contributed by atoms with van der Waals surface area (Å²) < 4.78 is 1.58. The molecule has 5 nitrogen and oxygen atoms in total. The normalized spacial score (nSPS) is 9.33. The average molecular weight is 224 g/mol. The fraction of sp³-hybridized carbons (Fsp3) is 0. The zero-order valence-electron chi connectivity index (χ0n) is 7.79. The number of nitrogens with one attached hydrogen (secondary N) is 1. The van der Waals surface area contributed by atoms with Gasteiger partial charge in [-0.15, -0.1) is 12.4 Å². The summed E-state index contributed by atoms with van der Waals surface area (Å²) in [6.45, 7) is 0. The van der Waals surface area contributed by atoms with Crippen LogP contribution in [0, 0.1) is 5.41 Å². The van der Waals surface area contributed by atoms with Gasteiger partial charge in [-0.25, -0.2) is 9.67 Å². The lowest BCUT2D eigenvalue weighted by molar-refractivity contribution is 0.844. The summed E-state index contributed by atoms with van der Waals surface area (Å²) in [5.41, 5.74) is 6.00. The van der Waals surface area contributed by atoms with Crippen LogP contribution in [0.5, 0.6) is 0 Å². The molecule has 0 atom stereocenters. The Balaban J connectivity index is 0.00000112. The van der Waals surface area contributed by atoms with Crippen molar-refractivity contribution in [2.45, 2.75) is 0 Å². The summed E-state index contributed by atoms with van der Waals surface area (Å²) in [4.78, 5) is 4.12. The molecule has 3 N–H and O–H groups in total. The maximum atomic E-state index is 7.38. The Morgan fingerprint density at radius 3 is 2.73 bits per heavy atom. The number of pyridine rings is 1. The highest BCUT2D eigenvalue weighted by Gasteiger charge is 2.07. The molecule has 0 saturated heterocycles. The SMILES string of the molecule is Cl.N=C(N)c1cccnc1-n1cccn1. The van der Waals surface area contributed by atoms with Crippen LogP contribution in [-0.4, -0.2) is 20.6 Å². The molecule has 0 aliphatic carbocycles. The van der Waals surface area contributed by atoms with Crippen molar-refractivity contribution in [3.05, 3.63) is 42.4 Å². The Morgan fingerprint density at radius 2 is 2.13 bits per heavy atom. The van der Waals surface area contributed by atoms with Gasteiger partial charge in [0.05, 0.1) is 5.56 Å². The fourth-order valence-electron chi connectivity index (χ4n) is 1.18. The van der Waals surface area contributed by atoms with Crippen LogP contribution in [0.1, 0.15) is 5.56 Å². The van der Waals surface area contributed by atoms with Gasteiger partial charge in [0.15, 0.2) is 5.82 Å². The second-order valence-electron chi connectivity index (χ2n) is 2.74. The molecule has 0 radical (unpaired) electrons. The van der Waals surface area contributed by atoms with E-state index in [1.165, 1.54) is 0 Å². The van der Waals surface area contributed by atoms with Gasteiger partial charge in [-0.05, 0) is 18.2 Å². The quantitative estimate of drug-likeness (QED) is 0.588. The third kappa shape index (κ3) is 2.13. The number of amidine groups is 1. The van der Waals surface area contributed by atoms with Crippen LogP contribution >= 0.6 is 12.4 Å². The number of aromatic nitrogens is 3. The van der Waals surface area contributed by atoms with Gasteiger partial charge in [0.1, 0.15) is 5.84 Å². The highest BCUT2D eigenvalue weighted by atomic mass is 35.5. The van der Waals surface area contributed by atoms with Gasteiger partial charge in [-0.2, -0.15) is 5.10 Å². The molecule has 0 aromatic carbocycles. The van der Waals surface area contributed by atoms with Crippen molar-refractivity contribution < 1.29 is 0 Å². The van der Waals surface area contributed by atoms with Crippen molar-refractivity contribution in [3.63, 3.8) is 0 Å². The van der Waals surface area contributed by atoms with Crippen LogP contribution in [0.3, 0.4) is 0 Å². The van der Waals surface area contributed by atoms with E-state index >= 15 is 0 Å². The summed E-state index contributed by atoms with van der Waals surface area (Å²) in [6.07, 6.45) is 5.05. The Bertz CT molecular complexity index is 451. The largest absolute Gasteiger partial charge is 0.384 e. The predicted molar refractivity (Wildman–Crippen MR) is 59.6 cm³/mol. The first kappa shape index (κ1) is 11.2. The lowest BCUT2D eigenvalue weighted by Crippen LogP contribution is -2.15. The van der Waals surface area contributed by atoms with E-state index in [9.17, 15) is 0 Å². The molecular weight excluding hydrogens is 214 g/mol. The molecule has 2 heterocycles. The molecule has 0 fully saturated rings. The minimum absolute atomic E-state index is 0. The van der Waals surface area contributed by atoms with E-state index in [1.807, 2.05) is 0 Å². The first-order chi connectivity index (χ1) is 6.79. The lowest BCUT2D eigenvalue weighted by Gasteiger charge is -2.05. The Morgan fingerprint density at radius 1 is 1.33 bits per heavy atom. The average Bonchev–Trinajstić information content (AvgIpc) is 2.70. The molecule has 0 bridgehead atoms. The summed E-state index contributed by atoms with van der Waals surface area (Å²) in [6, 6.07) is 5.27. The highest BCUT2D eigenvalue weighted by molar-refractivity contribution is 5.97. The monoisotopic (exact) mass is 223 g/mol. The van der Waals surface area contributed by atoms with Gasteiger partial charge in [-0.1, -0.05) is 0 Å². The molecule has 78 valence electrons. The molecule has 6 heteroatoms. The van der Waals surface area contributed by atoms with E-state index in [0.717, 1.165) is 0 Å². The molecule has 2 aromatic heterocycles. The molecular formula is C9H10ClN5. The Hall–Kier alpha value is -1.88. The Labute approximate surface area is 92.9 Å². The van der Waals surface area contributed by atoms with Crippen LogP contribution < -0.4 is 5.73 Å². The van der Waals surface area contributed by atoms with Gasteiger partial charge in [0.2, 0.25) is 0 Å². The maximum Gasteiger partial charge on any atom is 0.164 e. The summed E-state index contributed by atoms with van der Waals surface area (Å²) in [5.74, 6) is 0.564. The molecule has 15 heavy (non-hydrogen) atoms. The van der Waals surface area contributed by atoms with E-state index in [1.54, 1.807) is 41.5 Å². The molecule has 0 aliphatic heterocycles. The van der Waals surface area contributed by atoms with Crippen molar-refractivity contribution in [2.24, 2.45) is 5.73 Å². The summed E-state index contributed by atoms with van der Waals surface area (Å²) in [5, 5.41) is 11.4. The maximum absolute atomic E-state index is 7.38. The molecule has 0 saturated carbocycles. The first-order valence-corrected chi connectivity index (χ1v) is 4.08. The Kier molecular flexibility index (Phi) is 3.41. The number of hydrogen-bond donors (Lipinski definition) is 2. The minimum atomic E-state index is -0.0106. The van der Waals surface area contributed by atoms with Crippen molar-refractivity contribution in [1.82, 2.24) is 14.8 Å². The number of rotatable bonds is 2. The predicted octanol–water partition coefficient (Wildman–Crippen LogP) is 0.973. The number of hydrogen-bond acceptors (Lipinski definition) is 3. The molecule has 2 aromatic rings.